The van der Waals surface area contributed by atoms with Crippen molar-refractivity contribution in [2.75, 3.05) is 12.2 Å². The van der Waals surface area contributed by atoms with Crippen LogP contribution in [0, 0.1) is 0 Å². The highest BCUT2D eigenvalue weighted by Gasteiger charge is 2.43. The smallest absolute Gasteiger partial charge is 0.147 e. The molecule has 1 heterocycles. The van der Waals surface area contributed by atoms with E-state index in [4.69, 9.17) is 9.47 Å². The van der Waals surface area contributed by atoms with Crippen LogP contribution in [-0.4, -0.2) is 29.2 Å². The van der Waals surface area contributed by atoms with Crippen LogP contribution in [0.25, 0.3) is 0 Å². The third-order valence-corrected chi connectivity index (χ3v) is 6.12. The van der Waals surface area contributed by atoms with Gasteiger partial charge in [-0.05, 0) is 55.1 Å². The van der Waals surface area contributed by atoms with Gasteiger partial charge in [-0.1, -0.05) is 38.8 Å². The van der Waals surface area contributed by atoms with E-state index in [0.29, 0.717) is 5.94 Å². The first-order chi connectivity index (χ1) is 12.5. The molecule has 4 nitrogen and oxygen atoms in total. The van der Waals surface area contributed by atoms with Gasteiger partial charge in [0.15, 0.2) is 0 Å². The van der Waals surface area contributed by atoms with Crippen LogP contribution in [0.1, 0.15) is 76.3 Å². The average Bonchev–Trinajstić information content (AvgIpc) is 3.03. The third-order valence-electron chi connectivity index (χ3n) is 5.77. The zero-order valence-electron chi connectivity index (χ0n) is 16.4. The Morgan fingerprint density at radius 3 is 2.88 bits per heavy atom. The van der Waals surface area contributed by atoms with E-state index >= 15 is 0 Å². The van der Waals surface area contributed by atoms with Crippen LogP contribution in [0.5, 0.6) is 11.5 Å². The van der Waals surface area contributed by atoms with E-state index in [1.165, 1.54) is 24.0 Å². The summed E-state index contributed by atoms with van der Waals surface area (Å²) in [5.74, 6) is 2.72. The zero-order valence-corrected chi connectivity index (χ0v) is 17.2. The Hall–Kier alpha value is -1.36. The lowest BCUT2D eigenvalue weighted by molar-refractivity contribution is 0.236. The average molecular weight is 378 g/mol. The number of thioether (sulfide) groups is 1. The predicted molar refractivity (Wildman–Crippen MR) is 108 cm³/mol. The minimum absolute atomic E-state index is 0.0769. The second-order valence-corrected chi connectivity index (χ2v) is 8.87. The van der Waals surface area contributed by atoms with Crippen molar-refractivity contribution < 1.29 is 14.7 Å². The number of hydrogen-bond acceptors (Lipinski definition) is 5. The molecule has 0 radical (unpaired) electrons. The van der Waals surface area contributed by atoms with Gasteiger partial charge in [-0.2, -0.15) is 0 Å². The normalized spacial score (nSPS) is 23.5. The molecule has 1 aromatic rings. The molecule has 0 aromatic heterocycles. The van der Waals surface area contributed by atoms with Crippen LogP contribution in [-0.2, 0) is 5.41 Å². The van der Waals surface area contributed by atoms with E-state index in [1.54, 1.807) is 11.8 Å². The van der Waals surface area contributed by atoms with Gasteiger partial charge in [-0.15, -0.1) is 11.8 Å². The zero-order chi connectivity index (χ0) is 18.7. The summed E-state index contributed by atoms with van der Waals surface area (Å²) < 4.78 is 12.4. The van der Waals surface area contributed by atoms with Crippen LogP contribution in [0.4, 0.5) is 0 Å². The molecule has 0 bridgehead atoms. The fourth-order valence-corrected chi connectivity index (χ4v) is 4.42. The number of oxime groups is 1. The van der Waals surface area contributed by atoms with Gasteiger partial charge in [0, 0.05) is 11.5 Å². The molecule has 2 unspecified atom stereocenters. The van der Waals surface area contributed by atoms with Crippen LogP contribution < -0.4 is 9.47 Å². The number of hydrogen-bond donors (Lipinski definition) is 1. The van der Waals surface area contributed by atoms with Crippen molar-refractivity contribution >= 4 is 17.5 Å². The quantitative estimate of drug-likeness (QED) is 0.375. The Kier molecular flexibility index (Phi) is 6.06. The summed E-state index contributed by atoms with van der Waals surface area (Å²) in [6.45, 7) is 6.83. The van der Waals surface area contributed by atoms with E-state index in [9.17, 15) is 5.21 Å². The van der Waals surface area contributed by atoms with Gasteiger partial charge in [0.2, 0.25) is 0 Å². The van der Waals surface area contributed by atoms with Crippen molar-refractivity contribution in [2.24, 2.45) is 5.16 Å². The molecule has 3 rings (SSSR count). The minimum Gasteiger partial charge on any atom is -0.483 e. The monoisotopic (exact) mass is 377 g/mol. The first kappa shape index (κ1) is 19.4. The predicted octanol–water partition coefficient (Wildman–Crippen LogP) is 5.71. The third kappa shape index (κ3) is 3.68. The summed E-state index contributed by atoms with van der Waals surface area (Å²) in [7, 11) is 0. The Morgan fingerprint density at radius 1 is 1.38 bits per heavy atom. The van der Waals surface area contributed by atoms with Crippen LogP contribution in [0.15, 0.2) is 17.3 Å². The van der Waals surface area contributed by atoms with Gasteiger partial charge in [-0.3, -0.25) is 0 Å². The van der Waals surface area contributed by atoms with E-state index in [0.717, 1.165) is 42.9 Å². The number of benzene rings is 1. The molecule has 1 aromatic carbocycles. The van der Waals surface area contributed by atoms with Gasteiger partial charge in [0.05, 0.1) is 5.71 Å². The molecule has 1 aliphatic heterocycles. The maximum absolute atomic E-state index is 9.38. The lowest BCUT2D eigenvalue weighted by Gasteiger charge is -2.27. The van der Waals surface area contributed by atoms with E-state index in [1.807, 2.05) is 6.26 Å². The molecule has 144 valence electrons. The fraction of sp³-hybridized carbons (Fsp3) is 0.667. The molecule has 1 N–H and O–H groups in total. The van der Waals surface area contributed by atoms with Crippen molar-refractivity contribution in [1.82, 2.24) is 0 Å². The number of unbranched alkanes of at least 4 members (excludes halogenated alkanes) is 1. The van der Waals surface area contributed by atoms with Gasteiger partial charge in [0.1, 0.15) is 23.5 Å². The van der Waals surface area contributed by atoms with Crippen LogP contribution >= 0.6 is 11.8 Å². The van der Waals surface area contributed by atoms with E-state index in [-0.39, 0.29) is 17.4 Å². The molecule has 2 aliphatic rings. The SMILES string of the molecule is CCCCC(C)(C)c1cc(OCSC)c2c(c1)OC1/C(=N/O)CCCC21. The molecule has 26 heavy (non-hydrogen) atoms. The highest BCUT2D eigenvalue weighted by Crippen LogP contribution is 2.51. The first-order valence-corrected chi connectivity index (χ1v) is 11.1. The molecule has 5 heteroatoms. The molecule has 2 atom stereocenters. The molecule has 1 saturated carbocycles. The second-order valence-electron chi connectivity index (χ2n) is 8.05. The van der Waals surface area contributed by atoms with Crippen molar-refractivity contribution in [2.45, 2.75) is 76.7 Å². The van der Waals surface area contributed by atoms with Crippen molar-refractivity contribution in [3.63, 3.8) is 0 Å². The summed E-state index contributed by atoms with van der Waals surface area (Å²) in [5, 5.41) is 12.9. The maximum Gasteiger partial charge on any atom is 0.147 e. The standard InChI is InChI=1S/C21H31NO3S/c1-5-6-10-21(2,3)14-11-17(24-13-26-4)19-15-8-7-9-16(22-23)20(15)25-18(19)12-14/h11-12,15,20,23H,5-10,13H2,1-4H3/b22-16+. The Bertz CT molecular complexity index is 671. The van der Waals surface area contributed by atoms with Crippen molar-refractivity contribution in [3.05, 3.63) is 23.3 Å². The lowest BCUT2D eigenvalue weighted by atomic mass is 9.77. The number of ether oxygens (including phenoxy) is 2. The van der Waals surface area contributed by atoms with Crippen LogP contribution in [0.2, 0.25) is 0 Å². The molecule has 0 spiro atoms. The summed E-state index contributed by atoms with van der Waals surface area (Å²) in [4.78, 5) is 0. The molecule has 0 amide bonds. The first-order valence-electron chi connectivity index (χ1n) is 9.69. The largest absolute Gasteiger partial charge is 0.483 e. The highest BCUT2D eigenvalue weighted by molar-refractivity contribution is 7.98. The van der Waals surface area contributed by atoms with Crippen molar-refractivity contribution in [1.29, 1.82) is 0 Å². The molecule has 0 saturated heterocycles. The summed E-state index contributed by atoms with van der Waals surface area (Å²) in [5.41, 5.74) is 3.27. The molecular formula is C21H31NO3S. The molecule has 1 aliphatic carbocycles. The molecular weight excluding hydrogens is 346 g/mol. The van der Waals surface area contributed by atoms with Crippen LogP contribution in [0.3, 0.4) is 0 Å². The number of nitrogens with zero attached hydrogens (tertiary/aromatic N) is 1. The Morgan fingerprint density at radius 2 is 2.19 bits per heavy atom. The van der Waals surface area contributed by atoms with Gasteiger partial charge < -0.3 is 14.7 Å². The molecule has 1 fully saturated rings. The van der Waals surface area contributed by atoms with Gasteiger partial charge in [0.25, 0.3) is 0 Å². The number of rotatable bonds is 7. The second kappa shape index (κ2) is 8.12. The summed E-state index contributed by atoms with van der Waals surface area (Å²) in [6.07, 6.45) is 8.32. The Balaban J connectivity index is 2.01. The van der Waals surface area contributed by atoms with E-state index in [2.05, 4.69) is 38.1 Å². The highest BCUT2D eigenvalue weighted by atomic mass is 32.2. The topological polar surface area (TPSA) is 51.0 Å². The lowest BCUT2D eigenvalue weighted by Crippen LogP contribution is -2.33. The summed E-state index contributed by atoms with van der Waals surface area (Å²) >= 11 is 1.68. The maximum atomic E-state index is 9.38. The van der Waals surface area contributed by atoms with E-state index < -0.39 is 0 Å². The Labute approximate surface area is 161 Å². The van der Waals surface area contributed by atoms with Crippen molar-refractivity contribution in [3.8, 4) is 11.5 Å². The number of fused-ring (bicyclic) bond motifs is 3. The fourth-order valence-electron chi connectivity index (χ4n) is 4.18. The minimum atomic E-state index is -0.144. The summed E-state index contributed by atoms with van der Waals surface area (Å²) in [6, 6.07) is 4.42. The van der Waals surface area contributed by atoms with Gasteiger partial charge in [-0.25, -0.2) is 0 Å². The van der Waals surface area contributed by atoms with Gasteiger partial charge >= 0.3 is 0 Å².